The van der Waals surface area contributed by atoms with Crippen molar-refractivity contribution in [1.29, 1.82) is 0 Å². The largest absolute Gasteiger partial charge is 0.394 e. The molecule has 0 saturated carbocycles. The van der Waals surface area contributed by atoms with Crippen LogP contribution in [0.3, 0.4) is 0 Å². The molecule has 3 N–H and O–H groups in total. The number of hydrogen-bond acceptors (Lipinski definition) is 3. The van der Waals surface area contributed by atoms with E-state index < -0.39 is 12.1 Å². The fourth-order valence-corrected chi connectivity index (χ4v) is 4.36. The molecule has 0 rings (SSSR count). The van der Waals surface area contributed by atoms with Crippen LogP contribution in [-0.4, -0.2) is 34.9 Å². The number of rotatable bonds is 28. The Bertz CT molecular complexity index is 747. The average Bonchev–Trinajstić information content (AvgIpc) is 2.98. The lowest BCUT2D eigenvalue weighted by Crippen LogP contribution is -2.45. The molecule has 0 aliphatic heterocycles. The third-order valence-corrected chi connectivity index (χ3v) is 6.95. The summed E-state index contributed by atoms with van der Waals surface area (Å²) in [5.74, 6) is -0.0856. The number of carbonyl (C=O) groups is 1. The van der Waals surface area contributed by atoms with E-state index in [1.54, 1.807) is 6.08 Å². The number of carbonyl (C=O) groups excluding carboxylic acids is 1. The van der Waals surface area contributed by atoms with Crippen molar-refractivity contribution in [2.75, 3.05) is 6.61 Å². The Kier molecular flexibility index (Phi) is 30.6. The Labute approximate surface area is 253 Å². The van der Waals surface area contributed by atoms with Gasteiger partial charge >= 0.3 is 0 Å². The van der Waals surface area contributed by atoms with Crippen molar-refractivity contribution in [1.82, 2.24) is 5.32 Å². The van der Waals surface area contributed by atoms with E-state index in [0.29, 0.717) is 6.42 Å². The molecule has 0 aliphatic carbocycles. The predicted octanol–water partition coefficient (Wildman–Crippen LogP) is 9.61. The number of amides is 1. The van der Waals surface area contributed by atoms with Crippen LogP contribution in [0.5, 0.6) is 0 Å². The predicted molar refractivity (Wildman–Crippen MR) is 179 cm³/mol. The summed E-state index contributed by atoms with van der Waals surface area (Å²) in [5.41, 5.74) is 0. The molecule has 1 amide bonds. The van der Waals surface area contributed by atoms with Gasteiger partial charge in [-0.2, -0.15) is 0 Å². The van der Waals surface area contributed by atoms with Crippen LogP contribution in [0.2, 0.25) is 0 Å². The minimum atomic E-state index is -0.840. The maximum atomic E-state index is 12.2. The molecule has 234 valence electrons. The van der Waals surface area contributed by atoms with Crippen LogP contribution in [0, 0.1) is 0 Å². The second-order valence-electron chi connectivity index (χ2n) is 10.8. The third-order valence-electron chi connectivity index (χ3n) is 6.95. The lowest BCUT2D eigenvalue weighted by atomic mass is 10.1. The summed E-state index contributed by atoms with van der Waals surface area (Å²) in [6, 6.07) is -0.624. The number of allylic oxidation sites excluding steroid dienone is 11. The molecule has 0 aromatic rings. The summed E-state index contributed by atoms with van der Waals surface area (Å²) in [4.78, 5) is 12.2. The van der Waals surface area contributed by atoms with Crippen molar-refractivity contribution in [3.8, 4) is 0 Å². The minimum absolute atomic E-state index is 0.0856. The van der Waals surface area contributed by atoms with Gasteiger partial charge in [0.05, 0.1) is 18.8 Å². The fourth-order valence-electron chi connectivity index (χ4n) is 4.36. The van der Waals surface area contributed by atoms with E-state index in [0.717, 1.165) is 64.2 Å². The van der Waals surface area contributed by atoms with Crippen LogP contribution in [-0.2, 0) is 4.79 Å². The fraction of sp³-hybridized carbons (Fsp3) is 0.649. The first-order valence-corrected chi connectivity index (χ1v) is 16.7. The molecule has 0 fully saturated rings. The van der Waals surface area contributed by atoms with Gasteiger partial charge in [-0.05, 0) is 57.8 Å². The van der Waals surface area contributed by atoms with Crippen LogP contribution >= 0.6 is 0 Å². The van der Waals surface area contributed by atoms with Gasteiger partial charge in [-0.1, -0.05) is 145 Å². The Hall–Kier alpha value is -2.17. The van der Waals surface area contributed by atoms with Crippen molar-refractivity contribution in [2.24, 2.45) is 0 Å². The van der Waals surface area contributed by atoms with Gasteiger partial charge in [0.25, 0.3) is 0 Å². The van der Waals surface area contributed by atoms with E-state index in [-0.39, 0.29) is 12.5 Å². The molecule has 0 saturated heterocycles. The zero-order valence-corrected chi connectivity index (χ0v) is 26.5. The number of aliphatic hydroxyl groups excluding tert-OH is 2. The van der Waals surface area contributed by atoms with Crippen molar-refractivity contribution in [3.05, 3.63) is 72.9 Å². The highest BCUT2D eigenvalue weighted by atomic mass is 16.3. The van der Waals surface area contributed by atoms with Gasteiger partial charge in [0.1, 0.15) is 0 Å². The normalized spacial score (nSPS) is 14.1. The Balaban J connectivity index is 3.56. The van der Waals surface area contributed by atoms with Crippen LogP contribution in [0.15, 0.2) is 72.9 Å². The molecular formula is C37H63NO3. The molecule has 0 heterocycles. The van der Waals surface area contributed by atoms with Crippen molar-refractivity contribution in [2.45, 2.75) is 148 Å². The summed E-state index contributed by atoms with van der Waals surface area (Å²) >= 11 is 0. The van der Waals surface area contributed by atoms with Crippen molar-refractivity contribution in [3.63, 3.8) is 0 Å². The molecule has 0 spiro atoms. The third kappa shape index (κ3) is 29.1. The van der Waals surface area contributed by atoms with E-state index in [2.05, 4.69) is 79.9 Å². The molecule has 0 bridgehead atoms. The lowest BCUT2D eigenvalue weighted by molar-refractivity contribution is -0.123. The highest BCUT2D eigenvalue weighted by Crippen LogP contribution is 2.12. The van der Waals surface area contributed by atoms with Gasteiger partial charge in [-0.25, -0.2) is 0 Å². The van der Waals surface area contributed by atoms with Crippen LogP contribution < -0.4 is 5.32 Å². The molecule has 2 unspecified atom stereocenters. The average molecular weight is 570 g/mol. The van der Waals surface area contributed by atoms with Crippen molar-refractivity contribution < 1.29 is 15.0 Å². The van der Waals surface area contributed by atoms with Crippen molar-refractivity contribution >= 4 is 5.91 Å². The molecule has 0 aromatic heterocycles. The highest BCUT2D eigenvalue weighted by molar-refractivity contribution is 5.76. The maximum absolute atomic E-state index is 12.2. The second-order valence-corrected chi connectivity index (χ2v) is 10.8. The number of nitrogens with one attached hydrogen (secondary N) is 1. The lowest BCUT2D eigenvalue weighted by Gasteiger charge is -2.19. The smallest absolute Gasteiger partial charge is 0.220 e. The monoisotopic (exact) mass is 569 g/mol. The summed E-state index contributed by atoms with van der Waals surface area (Å²) in [5, 5.41) is 22.4. The molecule has 0 aromatic carbocycles. The van der Waals surface area contributed by atoms with Gasteiger partial charge in [0, 0.05) is 6.42 Å². The molecule has 4 nitrogen and oxygen atoms in total. The van der Waals surface area contributed by atoms with E-state index in [1.165, 1.54) is 51.4 Å². The zero-order chi connectivity index (χ0) is 30.1. The minimum Gasteiger partial charge on any atom is -0.394 e. The van der Waals surface area contributed by atoms with Gasteiger partial charge in [0.2, 0.25) is 5.91 Å². The number of hydrogen-bond donors (Lipinski definition) is 3. The summed E-state index contributed by atoms with van der Waals surface area (Å²) in [7, 11) is 0. The SMILES string of the molecule is CC/C=C\C/C=C\C/C=C\C/C=C\C/C=C\CCCCCCCCCCCC(=O)NC(CO)C(O)/C=C/CCCC. The van der Waals surface area contributed by atoms with Gasteiger partial charge in [0.15, 0.2) is 0 Å². The van der Waals surface area contributed by atoms with E-state index in [4.69, 9.17) is 0 Å². The quantitative estimate of drug-likeness (QED) is 0.0649. The topological polar surface area (TPSA) is 69.6 Å². The summed E-state index contributed by atoms with van der Waals surface area (Å²) in [6.07, 6.45) is 45.9. The summed E-state index contributed by atoms with van der Waals surface area (Å²) in [6.45, 7) is 4.03. The van der Waals surface area contributed by atoms with E-state index in [9.17, 15) is 15.0 Å². The molecule has 4 heteroatoms. The molecular weight excluding hydrogens is 506 g/mol. The number of aliphatic hydroxyl groups is 2. The maximum Gasteiger partial charge on any atom is 0.220 e. The Morgan fingerprint density at radius 2 is 1.07 bits per heavy atom. The highest BCUT2D eigenvalue weighted by Gasteiger charge is 2.17. The standard InChI is InChI=1S/C37H63NO3/c1-3-5-7-9-10-11-12-13-14-15-16-17-18-19-20-21-22-23-24-25-26-27-28-29-31-33-37(41)38-35(34-39)36(40)32-30-8-6-4-2/h5,7,10-11,13-14,16-17,19-20,30,32,35-36,39-40H,3-4,6,8-9,12,15,18,21-29,31,33-34H2,1-2H3,(H,38,41)/b7-5-,11-10-,14-13-,17-16-,20-19-,32-30+. The molecule has 0 aliphatic rings. The van der Waals surface area contributed by atoms with Crippen LogP contribution in [0.4, 0.5) is 0 Å². The molecule has 0 radical (unpaired) electrons. The Morgan fingerprint density at radius 3 is 1.59 bits per heavy atom. The van der Waals surface area contributed by atoms with Crippen LogP contribution in [0.25, 0.3) is 0 Å². The first kappa shape index (κ1) is 38.8. The first-order valence-electron chi connectivity index (χ1n) is 16.7. The Morgan fingerprint density at radius 1 is 0.610 bits per heavy atom. The first-order chi connectivity index (χ1) is 20.2. The second kappa shape index (κ2) is 32.3. The van der Waals surface area contributed by atoms with E-state index in [1.807, 2.05) is 6.08 Å². The molecule has 41 heavy (non-hydrogen) atoms. The number of unbranched alkanes of at least 4 members (excludes halogenated alkanes) is 11. The van der Waals surface area contributed by atoms with Gasteiger partial charge in [-0.3, -0.25) is 4.79 Å². The van der Waals surface area contributed by atoms with Gasteiger partial charge in [-0.15, -0.1) is 0 Å². The van der Waals surface area contributed by atoms with Crippen LogP contribution in [0.1, 0.15) is 136 Å². The molecule has 2 atom stereocenters. The van der Waals surface area contributed by atoms with E-state index >= 15 is 0 Å². The zero-order valence-electron chi connectivity index (χ0n) is 26.5. The summed E-state index contributed by atoms with van der Waals surface area (Å²) < 4.78 is 0. The van der Waals surface area contributed by atoms with Gasteiger partial charge < -0.3 is 15.5 Å².